The molecule has 1 aliphatic rings. The highest BCUT2D eigenvalue weighted by molar-refractivity contribution is 6.20. The molecule has 0 radical (unpaired) electrons. The summed E-state index contributed by atoms with van der Waals surface area (Å²) in [7, 11) is 0. The van der Waals surface area contributed by atoms with Crippen LogP contribution in [-0.2, 0) is 0 Å². The van der Waals surface area contributed by atoms with E-state index in [-0.39, 0.29) is 5.38 Å². The van der Waals surface area contributed by atoms with Gasteiger partial charge in [0.05, 0.1) is 5.60 Å². The Bertz CT molecular complexity index is 408. The number of nitrogens with zero attached hydrogens (tertiary/aromatic N) is 4. The molecule has 1 N–H and O–H groups in total. The lowest BCUT2D eigenvalue weighted by Gasteiger charge is -2.36. The van der Waals surface area contributed by atoms with Gasteiger partial charge in [-0.1, -0.05) is 5.10 Å². The van der Waals surface area contributed by atoms with Crippen molar-refractivity contribution in [2.45, 2.75) is 31.7 Å². The van der Waals surface area contributed by atoms with Crippen LogP contribution >= 0.6 is 11.6 Å². The number of β-amino-alcohol motifs (C(OH)–C–C–N with tert-alkyl or cyclic N) is 1. The van der Waals surface area contributed by atoms with E-state index in [2.05, 4.69) is 20.0 Å². The minimum absolute atomic E-state index is 0.266. The summed E-state index contributed by atoms with van der Waals surface area (Å²) < 4.78 is 5.52. The Hall–Kier alpha value is -0.850. The van der Waals surface area contributed by atoms with Gasteiger partial charge >= 0.3 is 6.01 Å². The van der Waals surface area contributed by atoms with Gasteiger partial charge in [-0.3, -0.25) is 4.90 Å². The molecular weight excluding hydrogens is 268 g/mol. The standard InChI is InChI=1S/C12H21ClN4O2/c1-9(13)10-14-15-11(19-10)17-6-4-16(5-7-17)8-12(2,3)18/h9,18H,4-8H2,1-3H3. The zero-order valence-corrected chi connectivity index (χ0v) is 12.4. The van der Waals surface area contributed by atoms with E-state index in [0.717, 1.165) is 26.2 Å². The molecule has 0 aliphatic carbocycles. The highest BCUT2D eigenvalue weighted by atomic mass is 35.5. The Kier molecular flexibility index (Phi) is 4.32. The fourth-order valence-electron chi connectivity index (χ4n) is 2.16. The van der Waals surface area contributed by atoms with Crippen LogP contribution in [0.4, 0.5) is 6.01 Å². The molecule has 1 aromatic heterocycles. The normalized spacial score (nSPS) is 19.7. The number of hydrogen-bond donors (Lipinski definition) is 1. The van der Waals surface area contributed by atoms with Crippen molar-refractivity contribution in [3.8, 4) is 0 Å². The summed E-state index contributed by atoms with van der Waals surface area (Å²) in [6.07, 6.45) is 0. The number of hydrogen-bond acceptors (Lipinski definition) is 6. The molecule has 0 spiro atoms. The molecule has 108 valence electrons. The topological polar surface area (TPSA) is 65.6 Å². The van der Waals surface area contributed by atoms with Gasteiger partial charge in [-0.05, 0) is 20.8 Å². The molecule has 1 aliphatic heterocycles. The van der Waals surface area contributed by atoms with Crippen molar-refractivity contribution in [2.24, 2.45) is 0 Å². The maximum absolute atomic E-state index is 9.81. The van der Waals surface area contributed by atoms with Crippen molar-refractivity contribution in [2.75, 3.05) is 37.6 Å². The van der Waals surface area contributed by atoms with Crippen LogP contribution in [0.5, 0.6) is 0 Å². The van der Waals surface area contributed by atoms with Crippen molar-refractivity contribution < 1.29 is 9.52 Å². The first-order valence-corrected chi connectivity index (χ1v) is 6.96. The Balaban J connectivity index is 1.89. The van der Waals surface area contributed by atoms with Crippen LogP contribution in [0.25, 0.3) is 0 Å². The minimum atomic E-state index is -0.659. The zero-order chi connectivity index (χ0) is 14.0. The molecule has 2 heterocycles. The summed E-state index contributed by atoms with van der Waals surface area (Å²) in [5, 5.41) is 17.5. The van der Waals surface area contributed by atoms with Gasteiger partial charge in [0.15, 0.2) is 0 Å². The number of aromatic nitrogens is 2. The third-order valence-corrected chi connectivity index (χ3v) is 3.21. The third kappa shape index (κ3) is 4.06. The molecule has 1 aromatic rings. The molecule has 2 rings (SSSR count). The molecule has 1 saturated heterocycles. The molecule has 0 bridgehead atoms. The van der Waals surface area contributed by atoms with Gasteiger partial charge in [0.25, 0.3) is 0 Å². The number of alkyl halides is 1. The van der Waals surface area contributed by atoms with Gasteiger partial charge in [0.1, 0.15) is 5.38 Å². The second kappa shape index (κ2) is 5.64. The molecule has 0 amide bonds. The third-order valence-electron chi connectivity index (χ3n) is 3.02. The molecular formula is C12H21ClN4O2. The van der Waals surface area contributed by atoms with Crippen molar-refractivity contribution in [1.82, 2.24) is 15.1 Å². The SMILES string of the molecule is CC(Cl)c1nnc(N2CCN(CC(C)(C)O)CC2)o1. The highest BCUT2D eigenvalue weighted by Gasteiger charge is 2.25. The molecule has 1 unspecified atom stereocenters. The van der Waals surface area contributed by atoms with E-state index in [1.54, 1.807) is 6.92 Å². The second-order valence-corrected chi connectivity index (χ2v) is 6.27. The van der Waals surface area contributed by atoms with Gasteiger partial charge in [0, 0.05) is 32.7 Å². The lowest BCUT2D eigenvalue weighted by molar-refractivity contribution is 0.0342. The lowest BCUT2D eigenvalue weighted by atomic mass is 10.1. The van der Waals surface area contributed by atoms with E-state index in [1.807, 2.05) is 13.8 Å². The molecule has 6 nitrogen and oxygen atoms in total. The first-order chi connectivity index (χ1) is 8.85. The van der Waals surface area contributed by atoms with Gasteiger partial charge < -0.3 is 14.4 Å². The Morgan fingerprint density at radius 2 is 1.95 bits per heavy atom. The average Bonchev–Trinajstić information content (AvgIpc) is 2.77. The van der Waals surface area contributed by atoms with Crippen LogP contribution in [0.15, 0.2) is 4.42 Å². The van der Waals surface area contributed by atoms with E-state index in [4.69, 9.17) is 16.0 Å². The van der Waals surface area contributed by atoms with Crippen LogP contribution in [-0.4, -0.2) is 58.5 Å². The molecule has 1 fully saturated rings. The first-order valence-electron chi connectivity index (χ1n) is 6.52. The summed E-state index contributed by atoms with van der Waals surface area (Å²) >= 11 is 5.90. The van der Waals surface area contributed by atoms with Gasteiger partial charge in [-0.2, -0.15) is 0 Å². The van der Waals surface area contributed by atoms with E-state index < -0.39 is 5.60 Å². The van der Waals surface area contributed by atoms with E-state index >= 15 is 0 Å². The van der Waals surface area contributed by atoms with E-state index in [9.17, 15) is 5.11 Å². The highest BCUT2D eigenvalue weighted by Crippen LogP contribution is 2.22. The fourth-order valence-corrected chi connectivity index (χ4v) is 2.25. The van der Waals surface area contributed by atoms with Crippen molar-refractivity contribution >= 4 is 17.6 Å². The van der Waals surface area contributed by atoms with Gasteiger partial charge in [-0.25, -0.2) is 0 Å². The molecule has 0 aromatic carbocycles. The summed E-state index contributed by atoms with van der Waals surface area (Å²) in [6.45, 7) is 9.50. The van der Waals surface area contributed by atoms with E-state index in [0.29, 0.717) is 18.5 Å². The Morgan fingerprint density at radius 3 is 2.42 bits per heavy atom. The molecule has 0 saturated carbocycles. The second-order valence-electron chi connectivity index (χ2n) is 5.61. The largest absolute Gasteiger partial charge is 0.406 e. The maximum atomic E-state index is 9.81. The Morgan fingerprint density at radius 1 is 1.32 bits per heavy atom. The smallest absolute Gasteiger partial charge is 0.318 e. The lowest BCUT2D eigenvalue weighted by Crippen LogP contribution is -2.50. The van der Waals surface area contributed by atoms with Crippen molar-refractivity contribution in [3.63, 3.8) is 0 Å². The Labute approximate surface area is 118 Å². The van der Waals surface area contributed by atoms with E-state index in [1.165, 1.54) is 0 Å². The van der Waals surface area contributed by atoms with Crippen LogP contribution < -0.4 is 4.90 Å². The monoisotopic (exact) mass is 288 g/mol. The number of piperazine rings is 1. The first kappa shape index (κ1) is 14.6. The van der Waals surface area contributed by atoms with Crippen LogP contribution in [0.1, 0.15) is 32.0 Å². The molecule has 19 heavy (non-hydrogen) atoms. The number of anilines is 1. The fraction of sp³-hybridized carbons (Fsp3) is 0.833. The van der Waals surface area contributed by atoms with Gasteiger partial charge in [-0.15, -0.1) is 16.7 Å². The van der Waals surface area contributed by atoms with Crippen molar-refractivity contribution in [1.29, 1.82) is 0 Å². The average molecular weight is 289 g/mol. The number of rotatable bonds is 4. The predicted molar refractivity (Wildman–Crippen MR) is 73.5 cm³/mol. The maximum Gasteiger partial charge on any atom is 0.318 e. The number of halogens is 1. The minimum Gasteiger partial charge on any atom is -0.406 e. The summed E-state index contributed by atoms with van der Waals surface area (Å²) in [5.41, 5.74) is -0.659. The predicted octanol–water partition coefficient (Wildman–Crippen LogP) is 1.26. The molecule has 7 heteroatoms. The summed E-state index contributed by atoms with van der Waals surface area (Å²) in [5.74, 6) is 0.454. The van der Waals surface area contributed by atoms with Crippen LogP contribution in [0.3, 0.4) is 0 Å². The molecule has 1 atom stereocenters. The number of aliphatic hydroxyl groups is 1. The zero-order valence-electron chi connectivity index (χ0n) is 11.6. The van der Waals surface area contributed by atoms with Crippen LogP contribution in [0.2, 0.25) is 0 Å². The summed E-state index contributed by atoms with van der Waals surface area (Å²) in [4.78, 5) is 4.29. The van der Waals surface area contributed by atoms with Crippen molar-refractivity contribution in [3.05, 3.63) is 5.89 Å². The van der Waals surface area contributed by atoms with Crippen LogP contribution in [0, 0.1) is 0 Å². The quantitative estimate of drug-likeness (QED) is 0.842. The van der Waals surface area contributed by atoms with Gasteiger partial charge in [0.2, 0.25) is 5.89 Å². The summed E-state index contributed by atoms with van der Waals surface area (Å²) in [6, 6.07) is 0.533.